The molecule has 0 saturated carbocycles. The van der Waals surface area contributed by atoms with Crippen molar-refractivity contribution in [2.75, 3.05) is 24.4 Å². The maximum absolute atomic E-state index is 12.7. The second-order valence-corrected chi connectivity index (χ2v) is 22.0. The molecule has 12 rings (SSSR count). The minimum absolute atomic E-state index is 0. The van der Waals surface area contributed by atoms with Crippen molar-refractivity contribution in [3.63, 3.8) is 0 Å². The van der Waals surface area contributed by atoms with E-state index in [0.717, 1.165) is 99.9 Å². The number of pyridine rings is 6. The third kappa shape index (κ3) is 19.5. The van der Waals surface area contributed by atoms with E-state index in [4.69, 9.17) is 34.7 Å². The van der Waals surface area contributed by atoms with Crippen LogP contribution in [-0.4, -0.2) is 89.3 Å². The van der Waals surface area contributed by atoms with Gasteiger partial charge in [0.25, 0.3) is 11.8 Å². The first-order chi connectivity index (χ1) is 46.6. The molecule has 0 atom stereocenters. The number of aromatic carboxylic acids is 1. The molecule has 0 saturated heterocycles. The average Bonchev–Trinajstić information content (AvgIpc) is 1.82. The Morgan fingerprint density at radius 2 is 0.816 bits per heavy atom. The highest BCUT2D eigenvalue weighted by Crippen LogP contribution is 2.21. The molecule has 3 aromatic carbocycles. The van der Waals surface area contributed by atoms with Crippen molar-refractivity contribution in [1.29, 1.82) is 15.8 Å². The number of amides is 2. The van der Waals surface area contributed by atoms with E-state index < -0.39 is 13.1 Å². The molecule has 0 bridgehead atoms. The molecule has 9 aromatic heterocycles. The average molecular weight is 1340 g/mol. The third-order valence-corrected chi connectivity index (χ3v) is 14.8. The van der Waals surface area contributed by atoms with Crippen LogP contribution < -0.4 is 33.6 Å². The number of carbonyl (C=O) groups is 3. The second-order valence-electron chi connectivity index (χ2n) is 22.0. The normalized spacial score (nSPS) is 10.4. The smallest absolute Gasteiger partial charge is 0.340 e. The van der Waals surface area contributed by atoms with E-state index in [9.17, 15) is 29.3 Å². The van der Waals surface area contributed by atoms with Crippen LogP contribution in [-0.2, 0) is 39.3 Å². The minimum Gasteiger partial charge on any atom is -0.478 e. The van der Waals surface area contributed by atoms with Crippen molar-refractivity contribution in [3.05, 3.63) is 247 Å². The third-order valence-electron chi connectivity index (χ3n) is 14.8. The Hall–Kier alpha value is -12.6. The number of carbonyl (C=O) groups excluding carboxylic acids is 2. The molecule has 11 N–H and O–H groups in total. The summed E-state index contributed by atoms with van der Waals surface area (Å²) in [7, 11) is -1.00. The number of nitrogens with zero attached hydrogens (tertiary/aromatic N) is 15. The number of fused-ring (bicyclic) bond motifs is 3. The van der Waals surface area contributed by atoms with E-state index in [1.54, 1.807) is 46.0 Å². The molecule has 98 heavy (non-hydrogen) atoms. The van der Waals surface area contributed by atoms with Gasteiger partial charge < -0.3 is 38.7 Å². The summed E-state index contributed by atoms with van der Waals surface area (Å²) in [5.41, 5.74) is 36.8. The molecule has 0 aliphatic heterocycles. The first-order valence-electron chi connectivity index (χ1n) is 30.3. The molecule has 27 heteroatoms. The van der Waals surface area contributed by atoms with Crippen LogP contribution in [0.5, 0.6) is 0 Å². The predicted molar refractivity (Wildman–Crippen MR) is 376 cm³/mol. The van der Waals surface area contributed by atoms with Crippen molar-refractivity contribution in [1.82, 2.24) is 69.9 Å². The monoisotopic (exact) mass is 1340 g/mol. The Kier molecular flexibility index (Phi) is 25.7. The Morgan fingerprint density at radius 1 is 0.510 bits per heavy atom. The molecule has 0 spiro atoms. The summed E-state index contributed by atoms with van der Waals surface area (Å²) in [6.07, 6.45) is 10.1. The molecule has 25 nitrogen and oxygen atoms in total. The van der Waals surface area contributed by atoms with E-state index in [0.29, 0.717) is 43.6 Å². The lowest BCUT2D eigenvalue weighted by Gasteiger charge is -2.07. The molecular formula is C71H73ClFN21O4. The second kappa shape index (κ2) is 34.5. The Bertz CT molecular complexity index is 4810. The van der Waals surface area contributed by atoms with Crippen LogP contribution in [0.25, 0.3) is 32.7 Å². The van der Waals surface area contributed by atoms with Crippen molar-refractivity contribution in [3.8, 4) is 18.2 Å². The minimum atomic E-state index is -1.15. The lowest BCUT2D eigenvalue weighted by molar-refractivity contribution is 0.0695. The van der Waals surface area contributed by atoms with E-state index in [1.165, 1.54) is 10.9 Å². The van der Waals surface area contributed by atoms with Gasteiger partial charge in [-0.3, -0.25) is 43.0 Å². The van der Waals surface area contributed by atoms with Crippen molar-refractivity contribution < 1.29 is 25.3 Å². The molecule has 9 heterocycles. The van der Waals surface area contributed by atoms with E-state index in [2.05, 4.69) is 68.0 Å². The summed E-state index contributed by atoms with van der Waals surface area (Å²) in [4.78, 5) is 62.0. The number of aryl methyl sites for hydroxylation is 6. The highest BCUT2D eigenvalue weighted by atomic mass is 35.5. The maximum atomic E-state index is 12.7. The van der Waals surface area contributed by atoms with Gasteiger partial charge in [-0.15, -0.1) is 12.4 Å². The molecule has 2 amide bonds. The van der Waals surface area contributed by atoms with Crippen LogP contribution >= 0.6 is 12.4 Å². The lowest BCUT2D eigenvalue weighted by atomic mass is 10.1. The molecule has 12 aromatic rings. The van der Waals surface area contributed by atoms with Crippen molar-refractivity contribution >= 4 is 80.4 Å². The zero-order valence-electron chi connectivity index (χ0n) is 54.8. The van der Waals surface area contributed by atoms with Crippen LogP contribution in [0.2, 0.25) is 0 Å². The number of carboxylic acid groups (broad SMARTS) is 1. The molecule has 0 unspecified atom stereocenters. The number of benzene rings is 3. The van der Waals surface area contributed by atoms with Gasteiger partial charge in [0.05, 0.1) is 55.8 Å². The largest absolute Gasteiger partial charge is 0.478 e. The standard InChI is InChI=1S/2C23H21N7O.C16H12N4O2.C7H11N3.CH3F.CH4.ClH/c2*1-14-7-18-8-16(3-5-20(18)26-10-14)12-30-13-19(21(9-24)29-30)23(31)27-11-17-4-6-22(25)28-15(17)2;1-10-4-12-5-11(2-3-14(12)18-7-10)8-20-9-13(16(21)22)15(6-17)19-20;1-5-6(4-8)2-3-7(9)10-5;1-2;;/h2*3-8,10,13H,11-12H2,1-2H3,(H2,25,28)(H,27,31);2-5,7,9H,8H2,1H3,(H,21,22);2-3H,4,8H2,1H3,(H2,9,10);1H3;1H4;1H/i;;;;1D;;. The number of rotatable bonds is 14. The topological polar surface area (TPSA) is 402 Å². The number of carboxylic acids is 1. The number of alkyl halides is 1. The first kappa shape index (κ1) is 72.8. The summed E-state index contributed by atoms with van der Waals surface area (Å²) in [6, 6.07) is 40.4. The van der Waals surface area contributed by atoms with Gasteiger partial charge in [0, 0.05) is 90.1 Å². The van der Waals surface area contributed by atoms with Crippen LogP contribution in [0.1, 0.15) is 124 Å². The van der Waals surface area contributed by atoms with Gasteiger partial charge in [0.15, 0.2) is 17.1 Å². The number of hydrogen-bond acceptors (Lipinski definition) is 19. The predicted octanol–water partition coefficient (Wildman–Crippen LogP) is 10.2. The number of halogens is 2. The summed E-state index contributed by atoms with van der Waals surface area (Å²) < 4.78 is 20.2. The fraction of sp³-hybridized carbons (Fsp3) is 0.197. The van der Waals surface area contributed by atoms with Crippen LogP contribution in [0, 0.1) is 75.5 Å². The Morgan fingerprint density at radius 3 is 1.10 bits per heavy atom. The summed E-state index contributed by atoms with van der Waals surface area (Å²) in [5, 5.41) is 58.1. The van der Waals surface area contributed by atoms with Gasteiger partial charge in [-0.25, -0.2) is 19.7 Å². The van der Waals surface area contributed by atoms with Crippen LogP contribution in [0.15, 0.2) is 146 Å². The SMILES string of the molecule is C.Cc1cnc2ccc(Cn3cc(C(=O)NCc4ccc(N)nc4C)c(C#N)n3)cc2c1.Cc1cnc2ccc(Cn3cc(C(=O)NCc4ccc(N)nc4C)c(C#N)n3)cc2c1.Cc1cnc2ccc(Cn3cc(C(=O)O)c(C#N)n3)cc2c1.Cc1nc(N)ccc1CN.Cl.[2H]CF. The molecule has 0 aliphatic rings. The first-order valence-corrected chi connectivity index (χ1v) is 29.6. The zero-order valence-corrected chi connectivity index (χ0v) is 54.6. The van der Waals surface area contributed by atoms with Crippen LogP contribution in [0.4, 0.5) is 21.8 Å². The van der Waals surface area contributed by atoms with Gasteiger partial charge in [-0.2, -0.15) is 31.1 Å². The summed E-state index contributed by atoms with van der Waals surface area (Å²) in [5.74, 6) is -0.467. The van der Waals surface area contributed by atoms with Gasteiger partial charge in [-0.05, 0) is 164 Å². The number of nitriles is 3. The van der Waals surface area contributed by atoms with Gasteiger partial charge in [-0.1, -0.05) is 43.8 Å². The number of aromatic nitrogens is 12. The van der Waals surface area contributed by atoms with Crippen LogP contribution in [0.3, 0.4) is 0 Å². The zero-order chi connectivity index (χ0) is 69.9. The summed E-state index contributed by atoms with van der Waals surface area (Å²) >= 11 is 0. The highest BCUT2D eigenvalue weighted by molar-refractivity contribution is 5.96. The molecule has 0 fully saturated rings. The number of anilines is 3. The van der Waals surface area contributed by atoms with E-state index in [-0.39, 0.29) is 78.5 Å². The number of hydrogen-bond donors (Lipinski definition) is 7. The molecule has 0 aliphatic carbocycles. The fourth-order valence-electron chi connectivity index (χ4n) is 9.93. The lowest BCUT2D eigenvalue weighted by Crippen LogP contribution is -2.23. The van der Waals surface area contributed by atoms with E-state index >= 15 is 0 Å². The maximum Gasteiger partial charge on any atom is 0.340 e. The summed E-state index contributed by atoms with van der Waals surface area (Å²) in [6.45, 7) is 13.9. The van der Waals surface area contributed by atoms with Gasteiger partial charge in [0.1, 0.15) is 41.2 Å². The van der Waals surface area contributed by atoms with E-state index in [1.807, 2.05) is 151 Å². The van der Waals surface area contributed by atoms with Gasteiger partial charge in [0.2, 0.25) is 0 Å². The molecular weight excluding hydrogens is 1270 g/mol. The fourth-order valence-corrected chi connectivity index (χ4v) is 9.93. The van der Waals surface area contributed by atoms with Gasteiger partial charge >= 0.3 is 5.97 Å². The molecule has 0 radical (unpaired) electrons. The molecule has 500 valence electrons. The Balaban J connectivity index is 0.000000215. The number of nitrogens with one attached hydrogen (secondary N) is 2. The Labute approximate surface area is 572 Å². The highest BCUT2D eigenvalue weighted by Gasteiger charge is 2.20. The van der Waals surface area contributed by atoms with Crippen molar-refractivity contribution in [2.45, 2.75) is 88.2 Å². The quantitative estimate of drug-likeness (QED) is 0.0532. The number of nitrogens with two attached hydrogens (primary N) is 4. The number of nitrogen functional groups attached to an aromatic ring is 3. The van der Waals surface area contributed by atoms with Crippen molar-refractivity contribution in [2.24, 2.45) is 5.73 Å².